The molecule has 3 rings (SSSR count). The largest absolute Gasteiger partial charge is 0.497 e. The van der Waals surface area contributed by atoms with Crippen molar-refractivity contribution >= 4 is 17.5 Å². The number of carbonyl (C=O) groups is 1. The molecular weight excluding hydrogens is 341 g/mol. The number of ether oxygens (including phenoxy) is 3. The van der Waals surface area contributed by atoms with Crippen molar-refractivity contribution in [3.05, 3.63) is 40.9 Å². The van der Waals surface area contributed by atoms with Crippen molar-refractivity contribution in [3.8, 4) is 11.5 Å². The topological polar surface area (TPSA) is 85.5 Å². The van der Waals surface area contributed by atoms with Gasteiger partial charge in [-0.1, -0.05) is 11.6 Å². The number of amides is 1. The molecule has 1 aliphatic heterocycles. The molecule has 0 aliphatic carbocycles. The summed E-state index contributed by atoms with van der Waals surface area (Å²) in [7, 11) is 1.41. The normalized spacial score (nSPS) is 20.0. The third-order valence-electron chi connectivity index (χ3n) is 3.59. The van der Waals surface area contributed by atoms with Gasteiger partial charge in [-0.3, -0.25) is 9.89 Å². The molecule has 9 heteroatoms. The highest BCUT2D eigenvalue weighted by Gasteiger charge is 2.32. The van der Waals surface area contributed by atoms with Gasteiger partial charge in [-0.2, -0.15) is 5.10 Å². The number of benzene rings is 1. The fourth-order valence-electron chi connectivity index (χ4n) is 2.36. The van der Waals surface area contributed by atoms with Crippen LogP contribution in [0.3, 0.4) is 0 Å². The van der Waals surface area contributed by atoms with Gasteiger partial charge in [0.2, 0.25) is 0 Å². The zero-order valence-corrected chi connectivity index (χ0v) is 13.5. The Bertz CT molecular complexity index is 726. The lowest BCUT2D eigenvalue weighted by molar-refractivity contribution is 0.0899. The van der Waals surface area contributed by atoms with E-state index in [0.717, 1.165) is 0 Å². The maximum Gasteiger partial charge on any atom is 0.254 e. The Morgan fingerprint density at radius 1 is 1.46 bits per heavy atom. The van der Waals surface area contributed by atoms with Crippen molar-refractivity contribution in [2.45, 2.75) is 12.1 Å². The summed E-state index contributed by atoms with van der Waals surface area (Å²) in [6, 6.07) is 2.16. The maximum atomic E-state index is 14.1. The van der Waals surface area contributed by atoms with Crippen LogP contribution >= 0.6 is 11.6 Å². The number of rotatable bonds is 5. The second-order valence-electron chi connectivity index (χ2n) is 5.18. The van der Waals surface area contributed by atoms with E-state index in [1.54, 1.807) is 6.20 Å². The first-order valence-corrected chi connectivity index (χ1v) is 7.53. The minimum absolute atomic E-state index is 0.187. The molecule has 0 bridgehead atoms. The smallest absolute Gasteiger partial charge is 0.254 e. The van der Waals surface area contributed by atoms with E-state index in [1.165, 1.54) is 25.4 Å². The van der Waals surface area contributed by atoms with Gasteiger partial charge in [-0.05, 0) is 6.07 Å². The van der Waals surface area contributed by atoms with Crippen molar-refractivity contribution in [1.29, 1.82) is 0 Å². The minimum atomic E-state index is -0.804. The zero-order chi connectivity index (χ0) is 17.1. The Morgan fingerprint density at radius 3 is 3.00 bits per heavy atom. The van der Waals surface area contributed by atoms with E-state index in [9.17, 15) is 9.18 Å². The van der Waals surface area contributed by atoms with Gasteiger partial charge in [0.05, 0.1) is 49.3 Å². The second-order valence-corrected chi connectivity index (χ2v) is 5.59. The van der Waals surface area contributed by atoms with Gasteiger partial charge in [0.25, 0.3) is 5.91 Å². The number of aromatic amines is 1. The molecule has 1 amide bonds. The summed E-state index contributed by atoms with van der Waals surface area (Å²) < 4.78 is 30.2. The number of hydrogen-bond donors (Lipinski definition) is 2. The van der Waals surface area contributed by atoms with Crippen LogP contribution < -0.4 is 14.8 Å². The lowest BCUT2D eigenvalue weighted by Gasteiger charge is -2.20. The summed E-state index contributed by atoms with van der Waals surface area (Å²) in [5.74, 6) is -0.605. The average molecular weight is 356 g/mol. The molecule has 0 saturated carbocycles. The predicted octanol–water partition coefficient (Wildman–Crippen LogP) is 1.79. The molecule has 0 radical (unpaired) electrons. The summed E-state index contributed by atoms with van der Waals surface area (Å²) in [6.45, 7) is 0.561. The van der Waals surface area contributed by atoms with E-state index in [1.807, 2.05) is 0 Å². The van der Waals surface area contributed by atoms with E-state index >= 15 is 0 Å². The van der Waals surface area contributed by atoms with Crippen LogP contribution in [0.5, 0.6) is 11.5 Å². The molecule has 24 heavy (non-hydrogen) atoms. The lowest BCUT2D eigenvalue weighted by Crippen LogP contribution is -2.45. The summed E-state index contributed by atoms with van der Waals surface area (Å²) in [4.78, 5) is 12.4. The molecule has 7 nitrogen and oxygen atoms in total. The number of hydrogen-bond acceptors (Lipinski definition) is 5. The van der Waals surface area contributed by atoms with Crippen molar-refractivity contribution in [2.24, 2.45) is 0 Å². The highest BCUT2D eigenvalue weighted by atomic mass is 35.5. The van der Waals surface area contributed by atoms with Crippen molar-refractivity contribution in [1.82, 2.24) is 15.5 Å². The van der Waals surface area contributed by atoms with Crippen LogP contribution in [0.4, 0.5) is 4.39 Å². The summed E-state index contributed by atoms with van der Waals surface area (Å²) in [6.07, 6.45) is 2.69. The first-order valence-electron chi connectivity index (χ1n) is 7.15. The molecular formula is C15H15ClFN3O4. The number of H-pyrrole nitrogens is 1. The molecule has 1 saturated heterocycles. The van der Waals surface area contributed by atoms with Gasteiger partial charge in [0.15, 0.2) is 11.6 Å². The van der Waals surface area contributed by atoms with Gasteiger partial charge >= 0.3 is 0 Å². The fourth-order valence-corrected chi connectivity index (χ4v) is 2.57. The average Bonchev–Trinajstić information content (AvgIpc) is 3.23. The maximum absolute atomic E-state index is 14.1. The van der Waals surface area contributed by atoms with Crippen LogP contribution in [0.15, 0.2) is 24.5 Å². The van der Waals surface area contributed by atoms with Gasteiger partial charge in [-0.25, -0.2) is 4.39 Å². The molecule has 2 atom stereocenters. The van der Waals surface area contributed by atoms with Crippen LogP contribution in [-0.2, 0) is 4.74 Å². The van der Waals surface area contributed by atoms with Crippen LogP contribution in [0.1, 0.15) is 10.4 Å². The molecule has 2 aromatic rings. The quantitative estimate of drug-likeness (QED) is 0.854. The van der Waals surface area contributed by atoms with Gasteiger partial charge in [0, 0.05) is 6.07 Å². The minimum Gasteiger partial charge on any atom is -0.497 e. The predicted molar refractivity (Wildman–Crippen MR) is 83.0 cm³/mol. The third-order valence-corrected chi connectivity index (χ3v) is 3.86. The monoisotopic (exact) mass is 355 g/mol. The zero-order valence-electron chi connectivity index (χ0n) is 12.7. The second kappa shape index (κ2) is 7.06. The van der Waals surface area contributed by atoms with Crippen LogP contribution in [-0.4, -0.2) is 48.6 Å². The van der Waals surface area contributed by atoms with Gasteiger partial charge in [0.1, 0.15) is 11.9 Å². The molecule has 1 aliphatic rings. The molecule has 0 spiro atoms. The van der Waals surface area contributed by atoms with Crippen molar-refractivity contribution in [3.63, 3.8) is 0 Å². The molecule has 0 unspecified atom stereocenters. The molecule has 128 valence electrons. The van der Waals surface area contributed by atoms with Gasteiger partial charge < -0.3 is 19.5 Å². The molecule has 2 N–H and O–H groups in total. The Morgan fingerprint density at radius 2 is 2.29 bits per heavy atom. The highest BCUT2D eigenvalue weighted by molar-refractivity contribution is 6.31. The van der Waals surface area contributed by atoms with Crippen LogP contribution in [0, 0.1) is 5.82 Å². The molecule has 2 heterocycles. The number of methoxy groups -OCH3 is 1. The summed E-state index contributed by atoms with van der Waals surface area (Å²) in [5, 5.41) is 8.93. The van der Waals surface area contributed by atoms with E-state index in [0.29, 0.717) is 18.1 Å². The summed E-state index contributed by atoms with van der Waals surface area (Å²) in [5.41, 5.74) is -0.201. The lowest BCUT2D eigenvalue weighted by atomic mass is 10.1. The van der Waals surface area contributed by atoms with Gasteiger partial charge in [-0.15, -0.1) is 0 Å². The van der Waals surface area contributed by atoms with E-state index in [2.05, 4.69) is 15.5 Å². The SMILES string of the molecule is COc1cc(Cl)c(F)c(C(=O)N[C@H]2COC[C@H]2Oc2cn[nH]c2)c1. The van der Waals surface area contributed by atoms with E-state index in [4.69, 9.17) is 25.8 Å². The number of aromatic nitrogens is 2. The first-order chi connectivity index (χ1) is 11.6. The fraction of sp³-hybridized carbons (Fsp3) is 0.333. The van der Waals surface area contributed by atoms with Crippen molar-refractivity contribution in [2.75, 3.05) is 20.3 Å². The molecule has 1 aromatic carbocycles. The Kier molecular flexibility index (Phi) is 4.86. The molecule has 1 fully saturated rings. The van der Waals surface area contributed by atoms with E-state index < -0.39 is 23.9 Å². The molecule has 1 aromatic heterocycles. The number of nitrogens with zero attached hydrogens (tertiary/aromatic N) is 1. The third kappa shape index (κ3) is 3.44. The Balaban J connectivity index is 1.73. The standard InChI is InChI=1S/C15H15ClFN3O4/c1-22-8-2-10(14(17)11(16)3-8)15(21)20-12-6-23-7-13(12)24-9-4-18-19-5-9/h2-5,12-13H,6-7H2,1H3,(H,18,19)(H,20,21)/t12-,13+/m0/s1. The Hall–Kier alpha value is -2.32. The summed E-state index contributed by atoms with van der Waals surface area (Å²) >= 11 is 5.79. The van der Waals surface area contributed by atoms with Crippen LogP contribution in [0.2, 0.25) is 5.02 Å². The van der Waals surface area contributed by atoms with Crippen molar-refractivity contribution < 1.29 is 23.4 Å². The number of nitrogens with one attached hydrogen (secondary N) is 2. The highest BCUT2D eigenvalue weighted by Crippen LogP contribution is 2.25. The number of carbonyl (C=O) groups excluding carboxylic acids is 1. The van der Waals surface area contributed by atoms with E-state index in [-0.39, 0.29) is 17.2 Å². The van der Waals surface area contributed by atoms with Crippen LogP contribution in [0.25, 0.3) is 0 Å². The first kappa shape index (κ1) is 16.5. The number of halogens is 2. The Labute approximate surface area is 142 Å².